The highest BCUT2D eigenvalue weighted by atomic mass is 35.5. The van der Waals surface area contributed by atoms with Gasteiger partial charge in [0.2, 0.25) is 0 Å². The van der Waals surface area contributed by atoms with Crippen molar-refractivity contribution in [2.24, 2.45) is 0 Å². The smallest absolute Gasteiger partial charge is 0.328 e. The third-order valence-corrected chi connectivity index (χ3v) is 2.67. The lowest BCUT2D eigenvalue weighted by Crippen LogP contribution is -2.12. The molecule has 0 bridgehead atoms. The Morgan fingerprint density at radius 3 is 2.67 bits per heavy atom. The zero-order valence-corrected chi connectivity index (χ0v) is 13.0. The summed E-state index contributed by atoms with van der Waals surface area (Å²) in [4.78, 5) is 10.6. The van der Waals surface area contributed by atoms with Crippen molar-refractivity contribution in [3.63, 3.8) is 0 Å². The van der Waals surface area contributed by atoms with Gasteiger partial charge in [-0.05, 0) is 26.0 Å². The number of carboxylic acids is 1. The molecule has 0 saturated heterocycles. The van der Waals surface area contributed by atoms with Crippen molar-refractivity contribution in [1.82, 2.24) is 0 Å². The van der Waals surface area contributed by atoms with Gasteiger partial charge in [0.1, 0.15) is 6.61 Å². The molecule has 0 spiro atoms. The van der Waals surface area contributed by atoms with E-state index in [1.165, 1.54) is 13.2 Å². The molecule has 0 aliphatic heterocycles. The van der Waals surface area contributed by atoms with Crippen LogP contribution in [0.5, 0.6) is 11.5 Å². The van der Waals surface area contributed by atoms with E-state index in [0.29, 0.717) is 35.3 Å². The molecular formula is C15H19ClO5. The van der Waals surface area contributed by atoms with Crippen molar-refractivity contribution >= 4 is 23.6 Å². The van der Waals surface area contributed by atoms with Gasteiger partial charge in [0.15, 0.2) is 11.5 Å². The molecule has 0 aliphatic carbocycles. The molecule has 1 rings (SSSR count). The van der Waals surface area contributed by atoms with Crippen LogP contribution < -0.4 is 9.47 Å². The number of aliphatic carboxylic acids is 1. The maximum Gasteiger partial charge on any atom is 0.328 e. The van der Waals surface area contributed by atoms with Gasteiger partial charge >= 0.3 is 5.97 Å². The van der Waals surface area contributed by atoms with E-state index >= 15 is 0 Å². The van der Waals surface area contributed by atoms with Crippen LogP contribution in [0.1, 0.15) is 19.4 Å². The first-order chi connectivity index (χ1) is 9.93. The van der Waals surface area contributed by atoms with Crippen molar-refractivity contribution < 1.29 is 24.1 Å². The summed E-state index contributed by atoms with van der Waals surface area (Å²) in [5.41, 5.74) is 0.534. The standard InChI is InChI=1S/C15H19ClO5/c1-10(2)20-6-7-21-15-11(4-5-14(17)18)8-12(16)9-13(15)19-3/h4-5,8-10H,6-7H2,1-3H3,(H,17,18)/b5-4+. The molecule has 0 amide bonds. The van der Waals surface area contributed by atoms with Crippen LogP contribution in [0.15, 0.2) is 18.2 Å². The van der Waals surface area contributed by atoms with E-state index in [0.717, 1.165) is 6.08 Å². The Hall–Kier alpha value is -1.72. The molecule has 0 saturated carbocycles. The molecule has 0 heterocycles. The molecule has 5 nitrogen and oxygen atoms in total. The number of hydrogen-bond acceptors (Lipinski definition) is 4. The normalized spacial score (nSPS) is 11.1. The molecular weight excluding hydrogens is 296 g/mol. The van der Waals surface area contributed by atoms with Crippen LogP contribution in [-0.2, 0) is 9.53 Å². The predicted molar refractivity (Wildman–Crippen MR) is 81.3 cm³/mol. The van der Waals surface area contributed by atoms with E-state index in [-0.39, 0.29) is 6.10 Å². The Morgan fingerprint density at radius 1 is 1.38 bits per heavy atom. The predicted octanol–water partition coefficient (Wildman–Crippen LogP) is 3.25. The van der Waals surface area contributed by atoms with Gasteiger partial charge < -0.3 is 19.3 Å². The van der Waals surface area contributed by atoms with Crippen LogP contribution in [0.3, 0.4) is 0 Å². The third kappa shape index (κ3) is 6.06. The molecule has 1 aromatic carbocycles. The molecule has 0 unspecified atom stereocenters. The molecule has 0 fully saturated rings. The fraction of sp³-hybridized carbons (Fsp3) is 0.400. The lowest BCUT2D eigenvalue weighted by Gasteiger charge is -2.15. The Labute approximate surface area is 129 Å². The Balaban J connectivity index is 2.94. The topological polar surface area (TPSA) is 65.0 Å². The second kappa shape index (κ2) is 8.54. The summed E-state index contributed by atoms with van der Waals surface area (Å²) in [6.07, 6.45) is 2.55. The summed E-state index contributed by atoms with van der Waals surface area (Å²) in [7, 11) is 1.49. The highest BCUT2D eigenvalue weighted by Gasteiger charge is 2.11. The van der Waals surface area contributed by atoms with Crippen molar-refractivity contribution in [2.45, 2.75) is 20.0 Å². The molecule has 116 valence electrons. The van der Waals surface area contributed by atoms with Crippen LogP contribution >= 0.6 is 11.6 Å². The first-order valence-electron chi connectivity index (χ1n) is 6.47. The summed E-state index contributed by atoms with van der Waals surface area (Å²) >= 11 is 5.98. The lowest BCUT2D eigenvalue weighted by atomic mass is 10.1. The molecule has 1 N–H and O–H groups in total. The average molecular weight is 315 g/mol. The van der Waals surface area contributed by atoms with E-state index in [2.05, 4.69) is 0 Å². The molecule has 0 atom stereocenters. The highest BCUT2D eigenvalue weighted by molar-refractivity contribution is 6.31. The number of benzene rings is 1. The molecule has 0 aliphatic rings. The summed E-state index contributed by atoms with van der Waals surface area (Å²) in [5.74, 6) is -0.174. The van der Waals surface area contributed by atoms with Gasteiger partial charge in [-0.25, -0.2) is 4.79 Å². The first-order valence-corrected chi connectivity index (χ1v) is 6.84. The van der Waals surface area contributed by atoms with Gasteiger partial charge in [0.25, 0.3) is 0 Å². The average Bonchev–Trinajstić information content (AvgIpc) is 2.41. The Kier molecular flexibility index (Phi) is 7.05. The minimum atomic E-state index is -1.05. The third-order valence-electron chi connectivity index (χ3n) is 2.45. The maximum atomic E-state index is 10.6. The summed E-state index contributed by atoms with van der Waals surface area (Å²) in [6, 6.07) is 3.22. The van der Waals surface area contributed by atoms with Crippen molar-refractivity contribution in [3.8, 4) is 11.5 Å². The highest BCUT2D eigenvalue weighted by Crippen LogP contribution is 2.35. The van der Waals surface area contributed by atoms with Crippen LogP contribution in [-0.4, -0.2) is 37.5 Å². The zero-order valence-electron chi connectivity index (χ0n) is 12.3. The fourth-order valence-electron chi connectivity index (χ4n) is 1.61. The summed E-state index contributed by atoms with van der Waals surface area (Å²) in [5, 5.41) is 9.16. The van der Waals surface area contributed by atoms with Gasteiger partial charge in [-0.15, -0.1) is 0 Å². The van der Waals surface area contributed by atoms with E-state index < -0.39 is 5.97 Å². The van der Waals surface area contributed by atoms with Crippen LogP contribution in [0, 0.1) is 0 Å². The van der Waals surface area contributed by atoms with Crippen LogP contribution in [0.2, 0.25) is 5.02 Å². The van der Waals surface area contributed by atoms with Gasteiger partial charge in [0, 0.05) is 22.7 Å². The van der Waals surface area contributed by atoms with E-state index in [1.54, 1.807) is 12.1 Å². The first kappa shape index (κ1) is 17.3. The van der Waals surface area contributed by atoms with E-state index in [4.69, 9.17) is 30.9 Å². The number of carboxylic acid groups (broad SMARTS) is 1. The molecule has 21 heavy (non-hydrogen) atoms. The monoisotopic (exact) mass is 314 g/mol. The second-order valence-electron chi connectivity index (χ2n) is 4.47. The minimum Gasteiger partial charge on any atom is -0.493 e. The van der Waals surface area contributed by atoms with Crippen molar-refractivity contribution in [1.29, 1.82) is 0 Å². The zero-order chi connectivity index (χ0) is 15.8. The van der Waals surface area contributed by atoms with Crippen molar-refractivity contribution in [2.75, 3.05) is 20.3 Å². The minimum absolute atomic E-state index is 0.118. The number of methoxy groups -OCH3 is 1. The molecule has 6 heteroatoms. The number of ether oxygens (including phenoxy) is 3. The van der Waals surface area contributed by atoms with Crippen LogP contribution in [0.4, 0.5) is 0 Å². The van der Waals surface area contributed by atoms with Gasteiger partial charge in [-0.3, -0.25) is 0 Å². The van der Waals surface area contributed by atoms with E-state index in [1.807, 2.05) is 13.8 Å². The molecule has 1 aromatic rings. The van der Waals surface area contributed by atoms with Gasteiger partial charge in [-0.2, -0.15) is 0 Å². The SMILES string of the molecule is COc1cc(Cl)cc(/C=C/C(=O)O)c1OCCOC(C)C. The fourth-order valence-corrected chi connectivity index (χ4v) is 1.82. The Morgan fingerprint density at radius 2 is 2.10 bits per heavy atom. The quantitative estimate of drug-likeness (QED) is 0.589. The maximum absolute atomic E-state index is 10.6. The molecule has 0 aromatic heterocycles. The second-order valence-corrected chi connectivity index (χ2v) is 4.90. The van der Waals surface area contributed by atoms with Gasteiger partial charge in [-0.1, -0.05) is 11.6 Å². The summed E-state index contributed by atoms with van der Waals surface area (Å²) < 4.78 is 16.3. The van der Waals surface area contributed by atoms with Gasteiger partial charge in [0.05, 0.1) is 19.8 Å². The summed E-state index contributed by atoms with van der Waals surface area (Å²) in [6.45, 7) is 4.61. The number of carbonyl (C=O) groups is 1. The largest absolute Gasteiger partial charge is 0.493 e. The number of halogens is 1. The lowest BCUT2D eigenvalue weighted by molar-refractivity contribution is -0.131. The van der Waals surface area contributed by atoms with E-state index in [9.17, 15) is 4.79 Å². The van der Waals surface area contributed by atoms with Crippen molar-refractivity contribution in [3.05, 3.63) is 28.8 Å². The number of rotatable bonds is 8. The number of hydrogen-bond donors (Lipinski definition) is 1. The van der Waals surface area contributed by atoms with Crippen LogP contribution in [0.25, 0.3) is 6.08 Å². The molecule has 0 radical (unpaired) electrons. The Bertz CT molecular complexity index is 511.